The maximum absolute atomic E-state index is 5.67. The van der Waals surface area contributed by atoms with Crippen LogP contribution in [0, 0.1) is 13.8 Å². The van der Waals surface area contributed by atoms with Crippen LogP contribution in [0.25, 0.3) is 0 Å². The van der Waals surface area contributed by atoms with Crippen molar-refractivity contribution in [2.24, 2.45) is 5.73 Å². The SMILES string of the molecule is Cc1cc(C)nc(N2CCC(OCCN)CC2)n1. The molecule has 1 aromatic heterocycles. The van der Waals surface area contributed by atoms with Gasteiger partial charge in [0.15, 0.2) is 0 Å². The highest BCUT2D eigenvalue weighted by atomic mass is 16.5. The van der Waals surface area contributed by atoms with Crippen LogP contribution in [0.3, 0.4) is 0 Å². The van der Waals surface area contributed by atoms with E-state index >= 15 is 0 Å². The van der Waals surface area contributed by atoms with Gasteiger partial charge in [-0.15, -0.1) is 0 Å². The lowest BCUT2D eigenvalue weighted by Gasteiger charge is -2.32. The van der Waals surface area contributed by atoms with Crippen molar-refractivity contribution >= 4 is 5.95 Å². The van der Waals surface area contributed by atoms with Crippen LogP contribution in [0.4, 0.5) is 5.95 Å². The summed E-state index contributed by atoms with van der Waals surface area (Å²) in [4.78, 5) is 11.2. The highest BCUT2D eigenvalue weighted by Crippen LogP contribution is 2.18. The fourth-order valence-electron chi connectivity index (χ4n) is 2.31. The lowest BCUT2D eigenvalue weighted by atomic mass is 10.1. The van der Waals surface area contributed by atoms with Crippen LogP contribution >= 0.6 is 0 Å². The fourth-order valence-corrected chi connectivity index (χ4v) is 2.31. The van der Waals surface area contributed by atoms with Gasteiger partial charge < -0.3 is 15.4 Å². The molecule has 0 saturated carbocycles. The molecular formula is C13H22N4O. The van der Waals surface area contributed by atoms with Crippen LogP contribution in [0.5, 0.6) is 0 Å². The minimum Gasteiger partial charge on any atom is -0.377 e. The second-order valence-corrected chi connectivity index (χ2v) is 4.80. The summed E-state index contributed by atoms with van der Waals surface area (Å²) in [7, 11) is 0. The molecule has 5 heteroatoms. The van der Waals surface area contributed by atoms with Gasteiger partial charge in [-0.3, -0.25) is 0 Å². The Kier molecular flexibility index (Phi) is 4.49. The summed E-state index contributed by atoms with van der Waals surface area (Å²) in [5.41, 5.74) is 7.50. The zero-order chi connectivity index (χ0) is 13.0. The fraction of sp³-hybridized carbons (Fsp3) is 0.692. The molecule has 0 spiro atoms. The van der Waals surface area contributed by atoms with Crippen molar-refractivity contribution in [2.45, 2.75) is 32.8 Å². The molecule has 0 bridgehead atoms. The summed E-state index contributed by atoms with van der Waals surface area (Å²) in [6, 6.07) is 2.00. The number of anilines is 1. The molecule has 2 N–H and O–H groups in total. The molecule has 5 nitrogen and oxygen atoms in total. The van der Waals surface area contributed by atoms with E-state index < -0.39 is 0 Å². The standard InChI is InChI=1S/C13H22N4O/c1-10-9-11(2)16-13(15-10)17-6-3-12(4-7-17)18-8-5-14/h9,12H,3-8,14H2,1-2H3. The summed E-state index contributed by atoms with van der Waals surface area (Å²) < 4.78 is 5.67. The molecule has 0 aromatic carbocycles. The molecule has 0 unspecified atom stereocenters. The molecular weight excluding hydrogens is 228 g/mol. The van der Waals surface area contributed by atoms with Gasteiger partial charge in [-0.2, -0.15) is 0 Å². The zero-order valence-electron chi connectivity index (χ0n) is 11.2. The number of rotatable bonds is 4. The van der Waals surface area contributed by atoms with Gasteiger partial charge in [0, 0.05) is 31.0 Å². The predicted molar refractivity (Wildman–Crippen MR) is 71.7 cm³/mol. The van der Waals surface area contributed by atoms with Gasteiger partial charge in [0.2, 0.25) is 5.95 Å². The van der Waals surface area contributed by atoms with Crippen LogP contribution < -0.4 is 10.6 Å². The third-order valence-electron chi connectivity index (χ3n) is 3.17. The molecule has 0 aliphatic carbocycles. The molecule has 18 heavy (non-hydrogen) atoms. The Morgan fingerprint density at radius 2 is 1.89 bits per heavy atom. The van der Waals surface area contributed by atoms with Gasteiger partial charge in [0.25, 0.3) is 0 Å². The lowest BCUT2D eigenvalue weighted by Crippen LogP contribution is -2.38. The smallest absolute Gasteiger partial charge is 0.225 e. The van der Waals surface area contributed by atoms with E-state index in [0.717, 1.165) is 43.3 Å². The first kappa shape index (κ1) is 13.2. The first-order valence-corrected chi connectivity index (χ1v) is 6.58. The Balaban J connectivity index is 1.92. The molecule has 1 aromatic rings. The topological polar surface area (TPSA) is 64.3 Å². The van der Waals surface area contributed by atoms with Crippen molar-refractivity contribution in [1.29, 1.82) is 0 Å². The van der Waals surface area contributed by atoms with Crippen molar-refractivity contribution in [1.82, 2.24) is 9.97 Å². The highest BCUT2D eigenvalue weighted by Gasteiger charge is 2.21. The Labute approximate surface area is 108 Å². The molecule has 2 rings (SSSR count). The van der Waals surface area contributed by atoms with E-state index in [-0.39, 0.29) is 0 Å². The first-order chi connectivity index (χ1) is 8.69. The maximum atomic E-state index is 5.67. The molecule has 0 atom stereocenters. The van der Waals surface area contributed by atoms with Crippen LogP contribution in [0.1, 0.15) is 24.2 Å². The van der Waals surface area contributed by atoms with E-state index in [4.69, 9.17) is 10.5 Å². The molecule has 1 aliphatic rings. The Bertz CT molecular complexity index is 368. The van der Waals surface area contributed by atoms with Gasteiger partial charge in [-0.1, -0.05) is 0 Å². The van der Waals surface area contributed by atoms with Gasteiger partial charge in [0.05, 0.1) is 12.7 Å². The van der Waals surface area contributed by atoms with Crippen molar-refractivity contribution < 1.29 is 4.74 Å². The molecule has 1 aliphatic heterocycles. The molecule has 0 radical (unpaired) electrons. The quantitative estimate of drug-likeness (QED) is 0.865. The molecule has 1 saturated heterocycles. The summed E-state index contributed by atoms with van der Waals surface area (Å²) in [6.45, 7) is 7.19. The minimum atomic E-state index is 0.343. The van der Waals surface area contributed by atoms with Gasteiger partial charge in [0.1, 0.15) is 0 Å². The Hall–Kier alpha value is -1.20. The predicted octanol–water partition coefficient (Wildman–Crippen LogP) is 1.04. The minimum absolute atomic E-state index is 0.343. The lowest BCUT2D eigenvalue weighted by molar-refractivity contribution is 0.0420. The van der Waals surface area contributed by atoms with E-state index in [2.05, 4.69) is 14.9 Å². The van der Waals surface area contributed by atoms with Crippen molar-refractivity contribution in [3.05, 3.63) is 17.5 Å². The van der Waals surface area contributed by atoms with Crippen LogP contribution in [-0.2, 0) is 4.74 Å². The largest absolute Gasteiger partial charge is 0.377 e. The summed E-state index contributed by atoms with van der Waals surface area (Å²) in [5, 5.41) is 0. The summed E-state index contributed by atoms with van der Waals surface area (Å²) in [6.07, 6.45) is 2.39. The average Bonchev–Trinajstić information content (AvgIpc) is 2.36. The Morgan fingerprint density at radius 3 is 2.44 bits per heavy atom. The molecule has 1 fully saturated rings. The van der Waals surface area contributed by atoms with Crippen LogP contribution in [-0.4, -0.2) is 42.3 Å². The number of nitrogens with two attached hydrogens (primary N) is 1. The van der Waals surface area contributed by atoms with Crippen molar-refractivity contribution in [3.8, 4) is 0 Å². The van der Waals surface area contributed by atoms with Gasteiger partial charge >= 0.3 is 0 Å². The van der Waals surface area contributed by atoms with Gasteiger partial charge in [-0.25, -0.2) is 9.97 Å². The van der Waals surface area contributed by atoms with Crippen LogP contribution in [0.2, 0.25) is 0 Å². The third-order valence-corrected chi connectivity index (χ3v) is 3.17. The number of hydrogen-bond acceptors (Lipinski definition) is 5. The summed E-state index contributed by atoms with van der Waals surface area (Å²) in [5.74, 6) is 0.852. The second kappa shape index (κ2) is 6.11. The third kappa shape index (κ3) is 3.40. The monoisotopic (exact) mass is 250 g/mol. The van der Waals surface area contributed by atoms with Gasteiger partial charge in [-0.05, 0) is 32.8 Å². The van der Waals surface area contributed by atoms with Crippen molar-refractivity contribution in [3.63, 3.8) is 0 Å². The summed E-state index contributed by atoms with van der Waals surface area (Å²) >= 11 is 0. The van der Waals surface area contributed by atoms with E-state index in [0.29, 0.717) is 19.3 Å². The second-order valence-electron chi connectivity index (χ2n) is 4.80. The highest BCUT2D eigenvalue weighted by molar-refractivity contribution is 5.32. The number of nitrogens with zero attached hydrogens (tertiary/aromatic N) is 3. The molecule has 100 valence electrons. The van der Waals surface area contributed by atoms with E-state index in [9.17, 15) is 0 Å². The first-order valence-electron chi connectivity index (χ1n) is 6.58. The zero-order valence-corrected chi connectivity index (χ0v) is 11.2. The number of aryl methyl sites for hydroxylation is 2. The number of ether oxygens (including phenoxy) is 1. The molecule has 0 amide bonds. The maximum Gasteiger partial charge on any atom is 0.225 e. The normalized spacial score (nSPS) is 17.2. The van der Waals surface area contributed by atoms with E-state index in [1.54, 1.807) is 0 Å². The van der Waals surface area contributed by atoms with E-state index in [1.165, 1.54) is 0 Å². The van der Waals surface area contributed by atoms with Crippen LogP contribution in [0.15, 0.2) is 6.07 Å². The number of hydrogen-bond donors (Lipinski definition) is 1. The Morgan fingerprint density at radius 1 is 1.28 bits per heavy atom. The van der Waals surface area contributed by atoms with Crippen molar-refractivity contribution in [2.75, 3.05) is 31.1 Å². The average molecular weight is 250 g/mol. The van der Waals surface area contributed by atoms with E-state index in [1.807, 2.05) is 19.9 Å². The number of aromatic nitrogens is 2. The number of piperidine rings is 1. The molecule has 2 heterocycles.